The fourth-order valence-corrected chi connectivity index (χ4v) is 0.716. The summed E-state index contributed by atoms with van der Waals surface area (Å²) in [5, 5.41) is 3.57. The van der Waals surface area contributed by atoms with E-state index in [1.807, 2.05) is 0 Å². The molecule has 0 saturated carbocycles. The van der Waals surface area contributed by atoms with E-state index in [0.717, 1.165) is 15.6 Å². The van der Waals surface area contributed by atoms with E-state index >= 15 is 0 Å². The van der Waals surface area contributed by atoms with Crippen molar-refractivity contribution < 1.29 is 4.79 Å². The Kier molecular flexibility index (Phi) is 2.18. The van der Waals surface area contributed by atoms with Crippen LogP contribution < -0.4 is 11.1 Å². The van der Waals surface area contributed by atoms with Gasteiger partial charge in [-0.15, -0.1) is 0 Å². The normalized spacial score (nSPS) is 9.75. The predicted molar refractivity (Wildman–Crippen MR) is 39.8 cm³/mol. The van der Waals surface area contributed by atoms with Crippen LogP contribution in [0.4, 0.5) is 0 Å². The summed E-state index contributed by atoms with van der Waals surface area (Å²) in [6.45, 7) is -0.137. The van der Waals surface area contributed by atoms with Crippen molar-refractivity contribution in [2.45, 2.75) is 6.54 Å². The second-order valence-corrected chi connectivity index (χ2v) is 2.18. The van der Waals surface area contributed by atoms with Crippen LogP contribution in [0, 0.1) is 0 Å². The van der Waals surface area contributed by atoms with Crippen molar-refractivity contribution in [3.63, 3.8) is 0 Å². The van der Waals surface area contributed by atoms with Gasteiger partial charge in [0, 0.05) is 7.05 Å². The van der Waals surface area contributed by atoms with Gasteiger partial charge in [-0.3, -0.25) is 14.2 Å². The minimum absolute atomic E-state index is 0.137. The Bertz CT molecular complexity index is 403. The predicted octanol–water partition coefficient (Wildman–Crippen LogP) is -1.86. The Morgan fingerprint density at radius 3 is 2.75 bits per heavy atom. The van der Waals surface area contributed by atoms with Gasteiger partial charge >= 0.3 is 11.1 Å². The van der Waals surface area contributed by atoms with Crippen LogP contribution in [-0.4, -0.2) is 20.6 Å². The Morgan fingerprint density at radius 1 is 1.50 bits per heavy atom. The minimum Gasteiger partial charge on any atom is -0.301 e. The number of hydrogen-bond donors (Lipinski definition) is 0. The lowest BCUT2D eigenvalue weighted by molar-refractivity contribution is -0.108. The largest absolute Gasteiger partial charge is 0.332 e. The number of rotatable bonds is 2. The lowest BCUT2D eigenvalue weighted by Crippen LogP contribution is -2.41. The van der Waals surface area contributed by atoms with Crippen LogP contribution in [0.15, 0.2) is 15.9 Å². The Hall–Kier alpha value is -1.72. The second kappa shape index (κ2) is 3.12. The molecule has 0 aliphatic carbocycles. The Labute approximate surface area is 67.1 Å². The van der Waals surface area contributed by atoms with Crippen molar-refractivity contribution in [3.8, 4) is 0 Å². The van der Waals surface area contributed by atoms with E-state index in [4.69, 9.17) is 0 Å². The highest BCUT2D eigenvalue weighted by Gasteiger charge is 2.01. The number of aldehydes is 1. The summed E-state index contributed by atoms with van der Waals surface area (Å²) in [7, 11) is 1.37. The molecule has 0 aromatic carbocycles. The summed E-state index contributed by atoms with van der Waals surface area (Å²) in [6, 6.07) is 0. The summed E-state index contributed by atoms with van der Waals surface area (Å²) < 4.78 is 1.87. The van der Waals surface area contributed by atoms with Crippen molar-refractivity contribution in [2.75, 3.05) is 0 Å². The molecule has 1 aromatic heterocycles. The molecule has 64 valence electrons. The summed E-state index contributed by atoms with van der Waals surface area (Å²) >= 11 is 0. The third kappa shape index (κ3) is 1.31. The van der Waals surface area contributed by atoms with Crippen LogP contribution in [0.25, 0.3) is 0 Å². The van der Waals surface area contributed by atoms with Crippen LogP contribution in [0.2, 0.25) is 0 Å². The molecule has 0 radical (unpaired) electrons. The van der Waals surface area contributed by atoms with E-state index in [0.29, 0.717) is 6.29 Å². The molecular weight excluding hydrogens is 162 g/mol. The van der Waals surface area contributed by atoms with Gasteiger partial charge in [-0.05, 0) is 0 Å². The number of nitrogens with zero attached hydrogens (tertiary/aromatic N) is 3. The van der Waals surface area contributed by atoms with E-state index in [1.54, 1.807) is 0 Å². The van der Waals surface area contributed by atoms with Crippen molar-refractivity contribution in [1.29, 1.82) is 0 Å². The van der Waals surface area contributed by atoms with E-state index in [1.165, 1.54) is 7.05 Å². The fourth-order valence-electron chi connectivity index (χ4n) is 0.716. The van der Waals surface area contributed by atoms with Crippen LogP contribution >= 0.6 is 0 Å². The lowest BCUT2D eigenvalue weighted by atomic mass is 10.6. The maximum Gasteiger partial charge on any atom is 0.332 e. The van der Waals surface area contributed by atoms with Crippen LogP contribution in [-0.2, 0) is 18.4 Å². The number of carbonyl (C=O) groups is 1. The van der Waals surface area contributed by atoms with Gasteiger partial charge in [-0.25, -0.2) is 4.68 Å². The lowest BCUT2D eigenvalue weighted by Gasteiger charge is -1.98. The first-order valence-electron chi connectivity index (χ1n) is 3.23. The fraction of sp³-hybridized carbons (Fsp3) is 0.333. The van der Waals surface area contributed by atoms with Gasteiger partial charge in [0.1, 0.15) is 12.6 Å². The molecule has 1 heterocycles. The highest BCUT2D eigenvalue weighted by molar-refractivity contribution is 5.48. The first-order chi connectivity index (χ1) is 5.66. The van der Waals surface area contributed by atoms with Gasteiger partial charge < -0.3 is 4.79 Å². The maximum absolute atomic E-state index is 11.0. The van der Waals surface area contributed by atoms with E-state index in [-0.39, 0.29) is 6.54 Å². The minimum atomic E-state index is -0.737. The molecule has 0 aliphatic rings. The van der Waals surface area contributed by atoms with Gasteiger partial charge in [-0.1, -0.05) is 0 Å². The SMILES string of the molecule is Cn1ncn(CC=O)c(=O)c1=O. The van der Waals surface area contributed by atoms with Gasteiger partial charge in [0.05, 0.1) is 6.54 Å². The van der Waals surface area contributed by atoms with Crippen LogP contribution in [0.3, 0.4) is 0 Å². The average molecular weight is 169 g/mol. The Morgan fingerprint density at radius 2 is 2.17 bits per heavy atom. The van der Waals surface area contributed by atoms with Crippen molar-refractivity contribution in [2.24, 2.45) is 7.05 Å². The Balaban J connectivity index is 3.37. The molecule has 0 aliphatic heterocycles. The molecule has 12 heavy (non-hydrogen) atoms. The molecule has 0 atom stereocenters. The third-order valence-corrected chi connectivity index (χ3v) is 1.37. The molecule has 0 spiro atoms. The van der Waals surface area contributed by atoms with Crippen molar-refractivity contribution in [1.82, 2.24) is 14.3 Å². The van der Waals surface area contributed by atoms with Gasteiger partial charge in [0.15, 0.2) is 0 Å². The standard InChI is InChI=1S/C6H7N3O3/c1-8-5(11)6(12)9(2-3-10)4-7-8/h3-4H,2H2,1H3. The molecule has 0 saturated heterocycles. The molecule has 6 heteroatoms. The first-order valence-corrected chi connectivity index (χ1v) is 3.23. The molecule has 0 unspecified atom stereocenters. The maximum atomic E-state index is 11.0. The average Bonchev–Trinajstić information content (AvgIpc) is 2.07. The molecule has 1 rings (SSSR count). The number of aromatic nitrogens is 3. The number of hydrogen-bond acceptors (Lipinski definition) is 4. The summed E-state index contributed by atoms with van der Waals surface area (Å²) in [6.07, 6.45) is 1.68. The molecular formula is C6H7N3O3. The zero-order chi connectivity index (χ0) is 9.14. The summed E-state index contributed by atoms with van der Waals surface area (Å²) in [5.74, 6) is 0. The second-order valence-electron chi connectivity index (χ2n) is 2.18. The zero-order valence-corrected chi connectivity index (χ0v) is 6.43. The number of aryl methyl sites for hydroxylation is 1. The van der Waals surface area contributed by atoms with Crippen molar-refractivity contribution in [3.05, 3.63) is 27.0 Å². The topological polar surface area (TPSA) is 74.0 Å². The highest BCUT2D eigenvalue weighted by atomic mass is 16.2. The van der Waals surface area contributed by atoms with Gasteiger partial charge in [0.25, 0.3) is 0 Å². The molecule has 6 nitrogen and oxygen atoms in total. The van der Waals surface area contributed by atoms with Gasteiger partial charge in [-0.2, -0.15) is 5.10 Å². The molecule has 0 fully saturated rings. The molecule has 0 amide bonds. The molecule has 1 aromatic rings. The van der Waals surface area contributed by atoms with Crippen LogP contribution in [0.5, 0.6) is 0 Å². The van der Waals surface area contributed by atoms with E-state index in [9.17, 15) is 14.4 Å². The van der Waals surface area contributed by atoms with E-state index < -0.39 is 11.1 Å². The monoisotopic (exact) mass is 169 g/mol. The van der Waals surface area contributed by atoms with E-state index in [2.05, 4.69) is 5.10 Å². The van der Waals surface area contributed by atoms with Crippen LogP contribution in [0.1, 0.15) is 0 Å². The quantitative estimate of drug-likeness (QED) is 0.384. The zero-order valence-electron chi connectivity index (χ0n) is 6.43. The number of carbonyl (C=O) groups excluding carboxylic acids is 1. The smallest absolute Gasteiger partial charge is 0.301 e. The summed E-state index contributed by atoms with van der Waals surface area (Å²) in [4.78, 5) is 32.0. The van der Waals surface area contributed by atoms with Crippen molar-refractivity contribution >= 4 is 6.29 Å². The summed E-state index contributed by atoms with van der Waals surface area (Å²) in [5.41, 5.74) is -1.47. The first kappa shape index (κ1) is 8.38. The highest BCUT2D eigenvalue weighted by Crippen LogP contribution is 1.68. The van der Waals surface area contributed by atoms with Gasteiger partial charge in [0.2, 0.25) is 0 Å². The molecule has 0 N–H and O–H groups in total. The molecule has 0 bridgehead atoms. The third-order valence-electron chi connectivity index (χ3n) is 1.37.